The number of hydrogen-bond donors (Lipinski definition) is 0. The summed E-state index contributed by atoms with van der Waals surface area (Å²) in [6.45, 7) is 3.97. The molecule has 7 heteroatoms. The van der Waals surface area contributed by atoms with E-state index in [4.69, 9.17) is 4.74 Å². The average molecular weight is 329 g/mol. The second kappa shape index (κ2) is 6.39. The van der Waals surface area contributed by atoms with Gasteiger partial charge in [-0.1, -0.05) is 6.07 Å². The molecule has 0 aromatic carbocycles. The van der Waals surface area contributed by atoms with E-state index in [0.29, 0.717) is 18.3 Å². The number of fused-ring (bicyclic) bond motifs is 1. The first kappa shape index (κ1) is 15.4. The van der Waals surface area contributed by atoms with Crippen molar-refractivity contribution in [3.05, 3.63) is 40.2 Å². The Morgan fingerprint density at radius 2 is 2.12 bits per heavy atom. The zero-order valence-corrected chi connectivity index (χ0v) is 14.0. The summed E-state index contributed by atoms with van der Waals surface area (Å²) in [6, 6.07) is 5.82. The number of pyridine rings is 1. The highest BCUT2D eigenvalue weighted by atomic mass is 16.5. The molecular weight excluding hydrogens is 306 g/mol. The summed E-state index contributed by atoms with van der Waals surface area (Å²) in [5, 5.41) is 4.56. The van der Waals surface area contributed by atoms with Gasteiger partial charge in [-0.15, -0.1) is 0 Å². The summed E-state index contributed by atoms with van der Waals surface area (Å²) < 4.78 is 8.71. The van der Waals surface area contributed by atoms with E-state index < -0.39 is 0 Å². The summed E-state index contributed by atoms with van der Waals surface area (Å²) in [5.74, 6) is 2.22. The van der Waals surface area contributed by atoms with Gasteiger partial charge in [0.2, 0.25) is 5.88 Å². The number of ether oxygens (including phenoxy) is 1. The molecule has 2 aliphatic rings. The predicted octanol–water partition coefficient (Wildman–Crippen LogP) is 0.917. The Morgan fingerprint density at radius 1 is 1.25 bits per heavy atom. The number of aromatic nitrogens is 4. The minimum atomic E-state index is 0.0539. The molecule has 2 aromatic rings. The maximum Gasteiger partial charge on any atom is 0.345 e. The molecule has 1 aliphatic carbocycles. The van der Waals surface area contributed by atoms with Gasteiger partial charge in [0.05, 0.1) is 12.8 Å². The summed E-state index contributed by atoms with van der Waals surface area (Å²) in [6.07, 6.45) is 3.27. The van der Waals surface area contributed by atoms with Crippen LogP contribution in [0.3, 0.4) is 0 Å². The molecule has 0 N–H and O–H groups in total. The van der Waals surface area contributed by atoms with Crippen LogP contribution < -0.4 is 10.4 Å². The highest BCUT2D eigenvalue weighted by Gasteiger charge is 2.25. The van der Waals surface area contributed by atoms with Crippen LogP contribution in [0.1, 0.15) is 24.4 Å². The van der Waals surface area contributed by atoms with Gasteiger partial charge in [-0.2, -0.15) is 5.10 Å². The Labute approximate surface area is 140 Å². The predicted molar refractivity (Wildman–Crippen MR) is 89.0 cm³/mol. The van der Waals surface area contributed by atoms with Gasteiger partial charge in [0.25, 0.3) is 0 Å². The van der Waals surface area contributed by atoms with Crippen molar-refractivity contribution in [3.8, 4) is 5.88 Å². The fourth-order valence-electron chi connectivity index (χ4n) is 3.22. The SMILES string of the molecule is COc1cccc(CN2CCc3nn(CC4CC4)c(=O)n3CC2)n1. The molecular formula is C17H23N5O2. The lowest BCUT2D eigenvalue weighted by Crippen LogP contribution is -2.31. The molecule has 1 aliphatic heterocycles. The molecule has 128 valence electrons. The fraction of sp³-hybridized carbons (Fsp3) is 0.588. The molecule has 2 aromatic heterocycles. The molecule has 1 saturated carbocycles. The highest BCUT2D eigenvalue weighted by Crippen LogP contribution is 2.29. The molecule has 0 saturated heterocycles. The van der Waals surface area contributed by atoms with Gasteiger partial charge in [0.1, 0.15) is 5.82 Å². The Bertz CT molecular complexity index is 778. The minimum Gasteiger partial charge on any atom is -0.481 e. The highest BCUT2D eigenvalue weighted by molar-refractivity contribution is 5.15. The quantitative estimate of drug-likeness (QED) is 0.816. The smallest absolute Gasteiger partial charge is 0.345 e. The van der Waals surface area contributed by atoms with Crippen molar-refractivity contribution in [2.45, 2.75) is 38.9 Å². The van der Waals surface area contributed by atoms with Gasteiger partial charge >= 0.3 is 5.69 Å². The molecule has 24 heavy (non-hydrogen) atoms. The van der Waals surface area contributed by atoms with Crippen LogP contribution in [-0.4, -0.2) is 44.4 Å². The number of methoxy groups -OCH3 is 1. The van der Waals surface area contributed by atoms with Crippen molar-refractivity contribution in [3.63, 3.8) is 0 Å². The maximum absolute atomic E-state index is 12.5. The van der Waals surface area contributed by atoms with Gasteiger partial charge < -0.3 is 4.74 Å². The van der Waals surface area contributed by atoms with Gasteiger partial charge in [0, 0.05) is 45.2 Å². The topological polar surface area (TPSA) is 65.2 Å². The van der Waals surface area contributed by atoms with Crippen molar-refractivity contribution >= 4 is 0 Å². The van der Waals surface area contributed by atoms with Gasteiger partial charge in [-0.3, -0.25) is 9.47 Å². The molecule has 0 radical (unpaired) electrons. The van der Waals surface area contributed by atoms with Crippen LogP contribution in [0.25, 0.3) is 0 Å². The zero-order chi connectivity index (χ0) is 16.5. The van der Waals surface area contributed by atoms with E-state index in [2.05, 4.69) is 15.0 Å². The van der Waals surface area contributed by atoms with E-state index >= 15 is 0 Å². The Kier molecular flexibility index (Phi) is 4.10. The first-order valence-electron chi connectivity index (χ1n) is 8.62. The average Bonchev–Trinajstić information content (AvgIpc) is 3.38. The Morgan fingerprint density at radius 3 is 2.92 bits per heavy atom. The lowest BCUT2D eigenvalue weighted by molar-refractivity contribution is 0.265. The van der Waals surface area contributed by atoms with Gasteiger partial charge in [-0.25, -0.2) is 14.5 Å². The van der Waals surface area contributed by atoms with Crippen LogP contribution in [-0.2, 0) is 26.1 Å². The molecule has 0 amide bonds. The normalized spacial score (nSPS) is 18.2. The first-order chi connectivity index (χ1) is 11.7. The minimum absolute atomic E-state index is 0.0539. The summed E-state index contributed by atoms with van der Waals surface area (Å²) in [4.78, 5) is 19.3. The van der Waals surface area contributed by atoms with Gasteiger partial charge in [-0.05, 0) is 24.8 Å². The van der Waals surface area contributed by atoms with E-state index in [-0.39, 0.29) is 5.69 Å². The number of nitrogens with zero attached hydrogens (tertiary/aromatic N) is 5. The monoisotopic (exact) mass is 329 g/mol. The van der Waals surface area contributed by atoms with Crippen molar-refractivity contribution in [2.75, 3.05) is 20.2 Å². The zero-order valence-electron chi connectivity index (χ0n) is 14.0. The van der Waals surface area contributed by atoms with Crippen LogP contribution >= 0.6 is 0 Å². The molecule has 4 rings (SSSR count). The van der Waals surface area contributed by atoms with E-state index in [9.17, 15) is 4.79 Å². The molecule has 0 spiro atoms. The van der Waals surface area contributed by atoms with Crippen molar-refractivity contribution < 1.29 is 4.74 Å². The van der Waals surface area contributed by atoms with Crippen LogP contribution in [0.15, 0.2) is 23.0 Å². The second-order valence-electron chi connectivity index (χ2n) is 6.67. The van der Waals surface area contributed by atoms with Gasteiger partial charge in [0.15, 0.2) is 0 Å². The largest absolute Gasteiger partial charge is 0.481 e. The van der Waals surface area contributed by atoms with E-state index in [0.717, 1.165) is 44.1 Å². The van der Waals surface area contributed by atoms with Crippen LogP contribution in [0.2, 0.25) is 0 Å². The van der Waals surface area contributed by atoms with Crippen molar-refractivity contribution in [1.29, 1.82) is 0 Å². The molecule has 3 heterocycles. The Hall–Kier alpha value is -2.15. The summed E-state index contributed by atoms with van der Waals surface area (Å²) in [7, 11) is 1.63. The lowest BCUT2D eigenvalue weighted by atomic mass is 10.3. The Balaban J connectivity index is 1.44. The van der Waals surface area contributed by atoms with E-state index in [1.807, 2.05) is 22.8 Å². The third kappa shape index (κ3) is 3.21. The molecule has 0 atom stereocenters. The molecule has 7 nitrogen and oxygen atoms in total. The second-order valence-corrected chi connectivity index (χ2v) is 6.67. The van der Waals surface area contributed by atoms with Crippen LogP contribution in [0, 0.1) is 5.92 Å². The standard InChI is InChI=1S/C17H23N5O2/c1-24-16-4-2-3-14(18-16)12-20-8-7-15-19-22(11-13-5-6-13)17(23)21(15)10-9-20/h2-4,13H,5-12H2,1H3. The van der Waals surface area contributed by atoms with E-state index in [1.54, 1.807) is 11.8 Å². The van der Waals surface area contributed by atoms with Crippen LogP contribution in [0.4, 0.5) is 0 Å². The fourth-order valence-corrected chi connectivity index (χ4v) is 3.22. The summed E-state index contributed by atoms with van der Waals surface area (Å²) in [5.41, 5.74) is 1.04. The lowest BCUT2D eigenvalue weighted by Gasteiger charge is -2.19. The third-order valence-corrected chi connectivity index (χ3v) is 4.79. The number of rotatable bonds is 5. The van der Waals surface area contributed by atoms with Crippen molar-refractivity contribution in [1.82, 2.24) is 24.2 Å². The van der Waals surface area contributed by atoms with Crippen LogP contribution in [0.5, 0.6) is 5.88 Å². The first-order valence-corrected chi connectivity index (χ1v) is 8.62. The van der Waals surface area contributed by atoms with E-state index in [1.165, 1.54) is 12.8 Å². The maximum atomic E-state index is 12.5. The number of hydrogen-bond acceptors (Lipinski definition) is 5. The third-order valence-electron chi connectivity index (χ3n) is 4.79. The molecule has 0 bridgehead atoms. The van der Waals surface area contributed by atoms with Crippen molar-refractivity contribution in [2.24, 2.45) is 5.92 Å². The summed E-state index contributed by atoms with van der Waals surface area (Å²) >= 11 is 0. The molecule has 0 unspecified atom stereocenters. The molecule has 1 fully saturated rings.